The third-order valence-corrected chi connectivity index (χ3v) is 7.48. The monoisotopic (exact) mass is 471 g/mol. The number of nitrogens with one attached hydrogen (secondary N) is 1. The number of anilines is 2. The van der Waals surface area contributed by atoms with E-state index in [1.54, 1.807) is 29.4 Å². The van der Waals surface area contributed by atoms with Gasteiger partial charge >= 0.3 is 0 Å². The molecular weight excluding hydrogens is 438 g/mol. The topological polar surface area (TPSA) is 94.6 Å². The quantitative estimate of drug-likeness (QED) is 0.692. The summed E-state index contributed by atoms with van der Waals surface area (Å²) in [5, 5.41) is 4.15. The molecule has 178 valence electrons. The van der Waals surface area contributed by atoms with Crippen LogP contribution in [0.25, 0.3) is 0 Å². The second kappa shape index (κ2) is 10.6. The standard InChI is InChI=1S/C23H33N7O2S/c1-4-5-18-14-25-23(33-18)27-20-6-9-24-21(26-20)17-7-10-29(11-8-17)22(32)19-15-30(16(2)31)13-12-28(19)3/h6,9,14,17,19H,4-5,7-8,10-13,15H2,1-3H3,(H,24,25,26,27)/t19-/m0/s1. The van der Waals surface area contributed by atoms with Gasteiger partial charge in [0.05, 0.1) is 0 Å². The molecule has 2 aliphatic heterocycles. The molecule has 0 saturated carbocycles. The molecule has 10 heteroatoms. The van der Waals surface area contributed by atoms with Crippen LogP contribution in [0.15, 0.2) is 18.5 Å². The Morgan fingerprint density at radius 1 is 1.15 bits per heavy atom. The molecule has 0 radical (unpaired) electrons. The number of carbonyl (C=O) groups excluding carboxylic acids is 2. The van der Waals surface area contributed by atoms with Gasteiger partial charge in [-0.1, -0.05) is 13.3 Å². The molecule has 4 heterocycles. The van der Waals surface area contributed by atoms with Crippen molar-refractivity contribution in [1.29, 1.82) is 0 Å². The number of likely N-dealkylation sites (N-methyl/N-ethyl adjacent to an activating group) is 1. The summed E-state index contributed by atoms with van der Waals surface area (Å²) in [4.78, 5) is 45.7. The number of rotatable bonds is 6. The Kier molecular flexibility index (Phi) is 7.54. The fourth-order valence-electron chi connectivity index (χ4n) is 4.47. The zero-order valence-electron chi connectivity index (χ0n) is 19.7. The van der Waals surface area contributed by atoms with Crippen LogP contribution in [-0.2, 0) is 16.0 Å². The Hall–Kier alpha value is -2.59. The highest BCUT2D eigenvalue weighted by Gasteiger charge is 2.35. The van der Waals surface area contributed by atoms with Crippen LogP contribution in [0.4, 0.5) is 10.9 Å². The van der Waals surface area contributed by atoms with Crippen molar-refractivity contribution < 1.29 is 9.59 Å². The molecule has 2 aromatic heterocycles. The van der Waals surface area contributed by atoms with Crippen molar-refractivity contribution in [3.05, 3.63) is 29.2 Å². The first-order chi connectivity index (χ1) is 15.9. The minimum absolute atomic E-state index is 0.0320. The number of hydrogen-bond donors (Lipinski definition) is 1. The van der Waals surface area contributed by atoms with Crippen molar-refractivity contribution in [2.24, 2.45) is 0 Å². The van der Waals surface area contributed by atoms with E-state index in [4.69, 9.17) is 4.98 Å². The molecule has 2 aromatic rings. The van der Waals surface area contributed by atoms with E-state index in [1.807, 2.05) is 24.2 Å². The zero-order valence-corrected chi connectivity index (χ0v) is 20.5. The lowest BCUT2D eigenvalue weighted by Gasteiger charge is -2.41. The number of aromatic nitrogens is 3. The van der Waals surface area contributed by atoms with Gasteiger partial charge in [-0.25, -0.2) is 15.0 Å². The average Bonchev–Trinajstić information content (AvgIpc) is 3.26. The second-order valence-corrected chi connectivity index (χ2v) is 9.98. The van der Waals surface area contributed by atoms with Gasteiger partial charge in [-0.2, -0.15) is 0 Å². The smallest absolute Gasteiger partial charge is 0.241 e. The first kappa shape index (κ1) is 23.6. The van der Waals surface area contributed by atoms with Crippen LogP contribution in [-0.4, -0.2) is 87.3 Å². The van der Waals surface area contributed by atoms with Crippen molar-refractivity contribution >= 4 is 34.1 Å². The molecule has 0 spiro atoms. The van der Waals surface area contributed by atoms with Gasteiger partial charge in [-0.15, -0.1) is 11.3 Å². The van der Waals surface area contributed by atoms with Gasteiger partial charge in [-0.3, -0.25) is 14.5 Å². The minimum atomic E-state index is -0.265. The molecule has 2 aliphatic rings. The van der Waals surface area contributed by atoms with Gasteiger partial charge in [0.1, 0.15) is 17.7 Å². The molecule has 4 rings (SSSR count). The van der Waals surface area contributed by atoms with Crippen LogP contribution in [0, 0.1) is 0 Å². The molecule has 2 saturated heterocycles. The molecule has 1 atom stereocenters. The number of aryl methyl sites for hydroxylation is 1. The van der Waals surface area contributed by atoms with E-state index < -0.39 is 0 Å². The molecule has 2 fully saturated rings. The maximum atomic E-state index is 13.2. The number of likely N-dealkylation sites (tertiary alicyclic amines) is 1. The van der Waals surface area contributed by atoms with Gasteiger partial charge in [0.25, 0.3) is 0 Å². The first-order valence-electron chi connectivity index (χ1n) is 11.7. The van der Waals surface area contributed by atoms with Crippen molar-refractivity contribution in [3.8, 4) is 0 Å². The van der Waals surface area contributed by atoms with Crippen LogP contribution < -0.4 is 5.32 Å². The van der Waals surface area contributed by atoms with Crippen LogP contribution in [0.5, 0.6) is 0 Å². The van der Waals surface area contributed by atoms with Gasteiger partial charge in [0, 0.05) is 62.8 Å². The Balaban J connectivity index is 1.34. The van der Waals surface area contributed by atoms with Crippen LogP contribution in [0.3, 0.4) is 0 Å². The molecule has 0 bridgehead atoms. The van der Waals surface area contributed by atoms with E-state index in [9.17, 15) is 9.59 Å². The maximum absolute atomic E-state index is 13.2. The summed E-state index contributed by atoms with van der Waals surface area (Å²) < 4.78 is 0. The number of thiazole rings is 1. The molecule has 0 aromatic carbocycles. The van der Waals surface area contributed by atoms with Crippen molar-refractivity contribution in [2.45, 2.75) is 51.5 Å². The second-order valence-electron chi connectivity index (χ2n) is 8.87. The largest absolute Gasteiger partial charge is 0.341 e. The van der Waals surface area contributed by atoms with Crippen LogP contribution in [0.2, 0.25) is 0 Å². The lowest BCUT2D eigenvalue weighted by atomic mass is 9.95. The summed E-state index contributed by atoms with van der Waals surface area (Å²) in [6.45, 7) is 6.97. The number of nitrogens with zero attached hydrogens (tertiary/aromatic N) is 6. The minimum Gasteiger partial charge on any atom is -0.341 e. The molecule has 9 nitrogen and oxygen atoms in total. The van der Waals surface area contributed by atoms with Gasteiger partial charge in [0.15, 0.2) is 5.13 Å². The van der Waals surface area contributed by atoms with Gasteiger partial charge < -0.3 is 15.1 Å². The van der Waals surface area contributed by atoms with Crippen LogP contribution in [0.1, 0.15) is 49.7 Å². The normalized spacial score (nSPS) is 20.2. The summed E-state index contributed by atoms with van der Waals surface area (Å²) in [5.41, 5.74) is 0. The maximum Gasteiger partial charge on any atom is 0.241 e. The van der Waals surface area contributed by atoms with Gasteiger partial charge in [-0.05, 0) is 32.4 Å². The third kappa shape index (κ3) is 5.67. The highest BCUT2D eigenvalue weighted by Crippen LogP contribution is 2.28. The van der Waals surface area contributed by atoms with E-state index in [1.165, 1.54) is 4.88 Å². The van der Waals surface area contributed by atoms with E-state index in [0.29, 0.717) is 26.2 Å². The van der Waals surface area contributed by atoms with Crippen molar-refractivity contribution in [2.75, 3.05) is 45.1 Å². The Morgan fingerprint density at radius 3 is 2.67 bits per heavy atom. The molecule has 0 aliphatic carbocycles. The molecular formula is C23H33N7O2S. The summed E-state index contributed by atoms with van der Waals surface area (Å²) in [7, 11) is 1.97. The number of piperidine rings is 1. The van der Waals surface area contributed by atoms with Gasteiger partial charge in [0.2, 0.25) is 11.8 Å². The summed E-state index contributed by atoms with van der Waals surface area (Å²) >= 11 is 1.66. The number of carbonyl (C=O) groups is 2. The Labute approximate surface area is 199 Å². The predicted molar refractivity (Wildman–Crippen MR) is 129 cm³/mol. The lowest BCUT2D eigenvalue weighted by molar-refractivity contribution is -0.143. The fourth-order valence-corrected chi connectivity index (χ4v) is 5.39. The number of amides is 2. The van der Waals surface area contributed by atoms with Crippen LogP contribution >= 0.6 is 11.3 Å². The van der Waals surface area contributed by atoms with E-state index >= 15 is 0 Å². The summed E-state index contributed by atoms with van der Waals surface area (Å²) in [6, 6.07) is 1.60. The third-order valence-electron chi connectivity index (χ3n) is 6.51. The lowest BCUT2D eigenvalue weighted by Crippen LogP contribution is -2.59. The predicted octanol–water partition coefficient (Wildman–Crippen LogP) is 2.50. The average molecular weight is 472 g/mol. The SMILES string of the molecule is CCCc1cnc(Nc2ccnc(C3CCN(C(=O)[C@@H]4CN(C(C)=O)CCN4C)CC3)n2)s1. The van der Waals surface area contributed by atoms with Crippen molar-refractivity contribution in [1.82, 2.24) is 29.7 Å². The molecule has 33 heavy (non-hydrogen) atoms. The number of piperazine rings is 1. The molecule has 2 amide bonds. The van der Waals surface area contributed by atoms with E-state index in [2.05, 4.69) is 27.1 Å². The highest BCUT2D eigenvalue weighted by molar-refractivity contribution is 7.15. The summed E-state index contributed by atoms with van der Waals surface area (Å²) in [5.74, 6) is 1.94. The Morgan fingerprint density at radius 2 is 1.94 bits per heavy atom. The zero-order chi connectivity index (χ0) is 23.4. The fraction of sp³-hybridized carbons (Fsp3) is 0.609. The van der Waals surface area contributed by atoms with E-state index in [-0.39, 0.29) is 23.8 Å². The highest BCUT2D eigenvalue weighted by atomic mass is 32.1. The summed E-state index contributed by atoms with van der Waals surface area (Å²) in [6.07, 6.45) is 7.52. The van der Waals surface area contributed by atoms with Crippen molar-refractivity contribution in [3.63, 3.8) is 0 Å². The molecule has 1 N–H and O–H groups in total. The Bertz CT molecular complexity index is 973. The first-order valence-corrected chi connectivity index (χ1v) is 12.6. The molecule has 0 unspecified atom stereocenters. The number of hydrogen-bond acceptors (Lipinski definition) is 8. The van der Waals surface area contributed by atoms with E-state index in [0.717, 1.165) is 49.0 Å².